The first-order chi connectivity index (χ1) is 13.0. The molecule has 4 atom stereocenters. The molecule has 2 aliphatic rings. The molecule has 1 aliphatic heterocycles. The highest BCUT2D eigenvalue weighted by Crippen LogP contribution is 2.44. The van der Waals surface area contributed by atoms with E-state index in [1.165, 1.54) is 0 Å². The molecule has 0 unspecified atom stereocenters. The molecule has 2 heterocycles. The third kappa shape index (κ3) is 3.23. The van der Waals surface area contributed by atoms with Gasteiger partial charge in [0.2, 0.25) is 0 Å². The smallest absolute Gasteiger partial charge is 0.271 e. The largest absolute Gasteiger partial charge is 0.381 e. The Balaban J connectivity index is 1.62. The molecular formula is C20H24N4O3. The van der Waals surface area contributed by atoms with E-state index in [4.69, 9.17) is 4.74 Å². The number of nitrogens with one attached hydrogen (secondary N) is 2. The Bertz CT molecular complexity index is 864. The molecule has 2 amide bonds. The van der Waals surface area contributed by atoms with Gasteiger partial charge in [-0.15, -0.1) is 0 Å². The topological polar surface area (TPSA) is 85.3 Å². The van der Waals surface area contributed by atoms with E-state index in [2.05, 4.69) is 15.7 Å². The zero-order valence-corrected chi connectivity index (χ0v) is 15.7. The third-order valence-electron chi connectivity index (χ3n) is 5.60. The van der Waals surface area contributed by atoms with Gasteiger partial charge in [-0.05, 0) is 19.4 Å². The zero-order chi connectivity index (χ0) is 19.1. The van der Waals surface area contributed by atoms with Crippen molar-refractivity contribution in [2.24, 2.45) is 11.8 Å². The number of hydrogen-bond acceptors (Lipinski definition) is 4. The molecule has 1 saturated carbocycles. The number of fused-ring (bicyclic) bond motifs is 1. The standard InChI is InChI=1S/C20H24N4O3/c1-11-4-6-13(7-5-11)12(2)24-17(8-16(23-24)19(25)21-3)20(26)22-18-14-9-27-10-15(14)18/h4-8,12,14-15,18H,9-10H2,1-3H3,(H,21,25)(H,22,26)/t12-,14-,15+,18+/m0/s1. The van der Waals surface area contributed by atoms with E-state index in [9.17, 15) is 9.59 Å². The van der Waals surface area contributed by atoms with Gasteiger partial charge in [-0.25, -0.2) is 0 Å². The van der Waals surface area contributed by atoms with Crippen molar-refractivity contribution in [3.05, 3.63) is 52.8 Å². The summed E-state index contributed by atoms with van der Waals surface area (Å²) >= 11 is 0. The molecule has 1 aliphatic carbocycles. The van der Waals surface area contributed by atoms with E-state index in [1.54, 1.807) is 17.8 Å². The number of carbonyl (C=O) groups is 2. The van der Waals surface area contributed by atoms with Crippen molar-refractivity contribution in [3.8, 4) is 0 Å². The van der Waals surface area contributed by atoms with Gasteiger partial charge in [-0.2, -0.15) is 5.10 Å². The number of benzene rings is 1. The van der Waals surface area contributed by atoms with Crippen LogP contribution in [0.25, 0.3) is 0 Å². The third-order valence-corrected chi connectivity index (χ3v) is 5.60. The normalized spacial score (nSPS) is 24.2. The van der Waals surface area contributed by atoms with Crippen molar-refractivity contribution in [1.82, 2.24) is 20.4 Å². The summed E-state index contributed by atoms with van der Waals surface area (Å²) in [6, 6.07) is 9.64. The molecule has 0 spiro atoms. The molecule has 1 saturated heterocycles. The molecular weight excluding hydrogens is 344 g/mol. The summed E-state index contributed by atoms with van der Waals surface area (Å²) in [4.78, 5) is 25.0. The SMILES string of the molecule is CNC(=O)c1cc(C(=O)N[C@H]2[C@@H]3COC[C@@H]32)n([C@@H](C)c2ccc(C)cc2)n1. The van der Waals surface area contributed by atoms with Gasteiger partial charge in [-0.3, -0.25) is 14.3 Å². The highest BCUT2D eigenvalue weighted by atomic mass is 16.5. The van der Waals surface area contributed by atoms with Crippen LogP contribution in [0.3, 0.4) is 0 Å². The fourth-order valence-corrected chi connectivity index (χ4v) is 3.76. The van der Waals surface area contributed by atoms with Crippen LogP contribution < -0.4 is 10.6 Å². The van der Waals surface area contributed by atoms with Gasteiger partial charge >= 0.3 is 0 Å². The van der Waals surface area contributed by atoms with Gasteiger partial charge in [0.1, 0.15) is 5.69 Å². The highest BCUT2D eigenvalue weighted by Gasteiger charge is 2.55. The van der Waals surface area contributed by atoms with E-state index in [-0.39, 0.29) is 29.6 Å². The minimum Gasteiger partial charge on any atom is -0.381 e. The average molecular weight is 368 g/mol. The first kappa shape index (κ1) is 17.7. The van der Waals surface area contributed by atoms with E-state index < -0.39 is 0 Å². The quantitative estimate of drug-likeness (QED) is 0.838. The summed E-state index contributed by atoms with van der Waals surface area (Å²) in [7, 11) is 1.55. The average Bonchev–Trinajstić information content (AvgIpc) is 3.08. The Labute approximate surface area is 158 Å². The van der Waals surface area contributed by atoms with Crippen molar-refractivity contribution >= 4 is 11.8 Å². The molecule has 4 rings (SSSR count). The Morgan fingerprint density at radius 1 is 1.19 bits per heavy atom. The number of aromatic nitrogens is 2. The van der Waals surface area contributed by atoms with Crippen LogP contribution in [0.15, 0.2) is 30.3 Å². The van der Waals surface area contributed by atoms with Crippen molar-refractivity contribution in [3.63, 3.8) is 0 Å². The van der Waals surface area contributed by atoms with Crippen molar-refractivity contribution < 1.29 is 14.3 Å². The lowest BCUT2D eigenvalue weighted by molar-refractivity contribution is 0.0915. The van der Waals surface area contributed by atoms with E-state index in [0.717, 1.165) is 11.1 Å². The van der Waals surface area contributed by atoms with Crippen LogP contribution in [-0.4, -0.2) is 47.9 Å². The Morgan fingerprint density at radius 2 is 1.85 bits per heavy atom. The van der Waals surface area contributed by atoms with Crippen LogP contribution in [0, 0.1) is 18.8 Å². The Kier molecular flexibility index (Phi) is 4.47. The van der Waals surface area contributed by atoms with E-state index in [1.807, 2.05) is 38.1 Å². The lowest BCUT2D eigenvalue weighted by Crippen LogP contribution is -2.32. The second-order valence-electron chi connectivity index (χ2n) is 7.39. The summed E-state index contributed by atoms with van der Waals surface area (Å²) in [6.07, 6.45) is 0. The van der Waals surface area contributed by atoms with Gasteiger partial charge in [0, 0.05) is 31.0 Å². The number of carbonyl (C=O) groups excluding carboxylic acids is 2. The monoisotopic (exact) mass is 368 g/mol. The predicted molar refractivity (Wildman–Crippen MR) is 99.7 cm³/mol. The number of rotatable bonds is 5. The van der Waals surface area contributed by atoms with Gasteiger partial charge in [-0.1, -0.05) is 29.8 Å². The maximum Gasteiger partial charge on any atom is 0.271 e. The number of aryl methyl sites for hydroxylation is 1. The molecule has 0 bridgehead atoms. The lowest BCUT2D eigenvalue weighted by Gasteiger charge is -2.16. The van der Waals surface area contributed by atoms with E-state index >= 15 is 0 Å². The second-order valence-corrected chi connectivity index (χ2v) is 7.39. The predicted octanol–water partition coefficient (Wildman–Crippen LogP) is 1.54. The van der Waals surface area contributed by atoms with Crippen molar-refractivity contribution in [1.29, 1.82) is 0 Å². The molecule has 2 fully saturated rings. The highest BCUT2D eigenvalue weighted by molar-refractivity contribution is 5.98. The number of ether oxygens (including phenoxy) is 1. The molecule has 0 radical (unpaired) electrons. The first-order valence-corrected chi connectivity index (χ1v) is 9.26. The summed E-state index contributed by atoms with van der Waals surface area (Å²) in [5.74, 6) is 0.322. The van der Waals surface area contributed by atoms with Crippen LogP contribution >= 0.6 is 0 Å². The molecule has 1 aromatic heterocycles. The second kappa shape index (κ2) is 6.81. The Morgan fingerprint density at radius 3 is 2.48 bits per heavy atom. The Hall–Kier alpha value is -2.67. The number of hydrogen-bond donors (Lipinski definition) is 2. The van der Waals surface area contributed by atoms with Crippen LogP contribution in [0.4, 0.5) is 0 Å². The molecule has 2 aromatic rings. The van der Waals surface area contributed by atoms with Crippen LogP contribution in [0.1, 0.15) is 45.1 Å². The molecule has 142 valence electrons. The summed E-state index contributed by atoms with van der Waals surface area (Å²) in [5.41, 5.74) is 2.82. The van der Waals surface area contributed by atoms with Gasteiger partial charge in [0.05, 0.1) is 19.3 Å². The lowest BCUT2D eigenvalue weighted by atomic mass is 10.1. The molecule has 2 N–H and O–H groups in total. The maximum atomic E-state index is 12.9. The first-order valence-electron chi connectivity index (χ1n) is 9.26. The summed E-state index contributed by atoms with van der Waals surface area (Å²) in [5, 5.41) is 10.1. The molecule has 1 aromatic carbocycles. The fraction of sp³-hybridized carbons (Fsp3) is 0.450. The van der Waals surface area contributed by atoms with E-state index in [0.29, 0.717) is 30.7 Å². The number of nitrogens with zero attached hydrogens (tertiary/aromatic N) is 2. The van der Waals surface area contributed by atoms with Crippen molar-refractivity contribution in [2.45, 2.75) is 25.9 Å². The zero-order valence-electron chi connectivity index (χ0n) is 15.7. The van der Waals surface area contributed by atoms with Crippen molar-refractivity contribution in [2.75, 3.05) is 20.3 Å². The maximum absolute atomic E-state index is 12.9. The van der Waals surface area contributed by atoms with Crippen LogP contribution in [0.2, 0.25) is 0 Å². The fourth-order valence-electron chi connectivity index (χ4n) is 3.76. The number of amides is 2. The molecule has 7 heteroatoms. The van der Waals surface area contributed by atoms with Crippen LogP contribution in [0.5, 0.6) is 0 Å². The minimum atomic E-state index is -0.310. The summed E-state index contributed by atoms with van der Waals surface area (Å²) in [6.45, 7) is 5.42. The van der Waals surface area contributed by atoms with Gasteiger partial charge in [0.15, 0.2) is 5.69 Å². The van der Waals surface area contributed by atoms with Gasteiger partial charge < -0.3 is 15.4 Å². The van der Waals surface area contributed by atoms with Crippen LogP contribution in [-0.2, 0) is 4.74 Å². The molecule has 27 heavy (non-hydrogen) atoms. The van der Waals surface area contributed by atoms with Gasteiger partial charge in [0.25, 0.3) is 11.8 Å². The molecule has 7 nitrogen and oxygen atoms in total. The summed E-state index contributed by atoms with van der Waals surface area (Å²) < 4.78 is 7.02. The minimum absolute atomic E-state index is 0.160.